The molecule has 1 N–H and O–H groups in total. The summed E-state index contributed by atoms with van der Waals surface area (Å²) in [4.78, 5) is 32.2. The second-order valence-corrected chi connectivity index (χ2v) is 8.44. The minimum absolute atomic E-state index is 0.169. The van der Waals surface area contributed by atoms with Crippen molar-refractivity contribution in [2.24, 2.45) is 0 Å². The van der Waals surface area contributed by atoms with Crippen molar-refractivity contribution < 1.29 is 23.8 Å². The average Bonchev–Trinajstić information content (AvgIpc) is 3.37. The van der Waals surface area contributed by atoms with E-state index in [1.54, 1.807) is 19.6 Å². The van der Waals surface area contributed by atoms with Crippen LogP contribution in [-0.4, -0.2) is 76.0 Å². The number of ether oxygens (including phenoxy) is 1. The van der Waals surface area contributed by atoms with E-state index in [9.17, 15) is 14.7 Å². The van der Waals surface area contributed by atoms with Crippen molar-refractivity contribution in [3.63, 3.8) is 0 Å². The van der Waals surface area contributed by atoms with Crippen LogP contribution in [-0.2, 0) is 22.7 Å². The summed E-state index contributed by atoms with van der Waals surface area (Å²) in [5, 5.41) is 10.3. The molecule has 3 fully saturated rings. The molecule has 158 valence electrons. The van der Waals surface area contributed by atoms with Crippen LogP contribution in [0.4, 0.5) is 0 Å². The molecule has 2 atom stereocenters. The molecule has 4 heterocycles. The lowest BCUT2D eigenvalue weighted by atomic mass is 9.82. The minimum Gasteiger partial charge on any atom is -0.497 e. The fraction of sp³-hybridized carbons (Fsp3) is 0.455. The number of carbonyl (C=O) groups is 2. The Morgan fingerprint density at radius 2 is 1.90 bits per heavy atom. The summed E-state index contributed by atoms with van der Waals surface area (Å²) in [5.74, 6) is 0.342. The van der Waals surface area contributed by atoms with E-state index in [0.717, 1.165) is 16.9 Å². The Morgan fingerprint density at radius 1 is 1.13 bits per heavy atom. The molecule has 0 bridgehead atoms. The molecule has 3 saturated heterocycles. The molecule has 3 aliphatic rings. The van der Waals surface area contributed by atoms with Gasteiger partial charge in [-0.05, 0) is 30.2 Å². The van der Waals surface area contributed by atoms with Gasteiger partial charge >= 0.3 is 0 Å². The molecule has 1 spiro atoms. The summed E-state index contributed by atoms with van der Waals surface area (Å²) in [5.41, 5.74) is 1.17. The number of amides is 2. The lowest BCUT2D eigenvalue weighted by Gasteiger charge is -2.58. The maximum Gasteiger partial charge on any atom is 0.252 e. The molecule has 2 aromatic rings. The van der Waals surface area contributed by atoms with Gasteiger partial charge in [0.1, 0.15) is 11.3 Å². The number of piperazine rings is 1. The number of methoxy groups -OCH3 is 1. The first-order valence-electron chi connectivity index (χ1n) is 10.2. The van der Waals surface area contributed by atoms with E-state index in [-0.39, 0.29) is 18.4 Å². The van der Waals surface area contributed by atoms with Crippen LogP contribution >= 0.6 is 0 Å². The topological polar surface area (TPSA) is 86.5 Å². The van der Waals surface area contributed by atoms with E-state index in [4.69, 9.17) is 9.15 Å². The van der Waals surface area contributed by atoms with E-state index in [2.05, 4.69) is 4.90 Å². The van der Waals surface area contributed by atoms with Crippen molar-refractivity contribution in [3.8, 4) is 5.75 Å². The number of imide groups is 1. The van der Waals surface area contributed by atoms with Gasteiger partial charge in [0.05, 0.1) is 38.3 Å². The molecule has 30 heavy (non-hydrogen) atoms. The molecule has 3 aliphatic heterocycles. The number of furan rings is 1. The van der Waals surface area contributed by atoms with E-state index in [0.29, 0.717) is 32.6 Å². The monoisotopic (exact) mass is 411 g/mol. The molecule has 2 amide bonds. The first-order valence-corrected chi connectivity index (χ1v) is 10.2. The first kappa shape index (κ1) is 19.3. The van der Waals surface area contributed by atoms with Crippen molar-refractivity contribution >= 4 is 11.8 Å². The molecule has 0 radical (unpaired) electrons. The molecule has 2 unspecified atom stereocenters. The Hall–Kier alpha value is -2.68. The molecule has 5 rings (SSSR count). The lowest BCUT2D eigenvalue weighted by molar-refractivity contribution is -0.181. The molecule has 1 aromatic heterocycles. The zero-order chi connectivity index (χ0) is 20.9. The van der Waals surface area contributed by atoms with Crippen molar-refractivity contribution in [1.29, 1.82) is 0 Å². The van der Waals surface area contributed by atoms with Crippen LogP contribution in [0.15, 0.2) is 47.3 Å². The zero-order valence-corrected chi connectivity index (χ0v) is 16.9. The van der Waals surface area contributed by atoms with Gasteiger partial charge in [-0.3, -0.25) is 24.3 Å². The quantitative estimate of drug-likeness (QED) is 0.730. The molecular formula is C22H25N3O5. The summed E-state index contributed by atoms with van der Waals surface area (Å²) < 4.78 is 10.3. The number of benzene rings is 1. The normalized spacial score (nSPS) is 26.1. The number of aliphatic hydroxyl groups is 1. The summed E-state index contributed by atoms with van der Waals surface area (Å²) >= 11 is 0. The van der Waals surface area contributed by atoms with Crippen LogP contribution in [0.3, 0.4) is 0 Å². The Kier molecular flexibility index (Phi) is 4.65. The van der Waals surface area contributed by atoms with E-state index >= 15 is 0 Å². The van der Waals surface area contributed by atoms with Crippen LogP contribution in [0.5, 0.6) is 5.75 Å². The second-order valence-electron chi connectivity index (χ2n) is 8.44. The van der Waals surface area contributed by atoms with Gasteiger partial charge in [0.25, 0.3) is 5.91 Å². The fourth-order valence-electron chi connectivity index (χ4n) is 5.00. The van der Waals surface area contributed by atoms with E-state index in [1.165, 1.54) is 4.90 Å². The van der Waals surface area contributed by atoms with E-state index in [1.807, 2.05) is 35.2 Å². The molecule has 0 saturated carbocycles. The number of carbonyl (C=O) groups excluding carboxylic acids is 2. The molecule has 8 nitrogen and oxygen atoms in total. The summed E-state index contributed by atoms with van der Waals surface area (Å²) in [6.45, 7) is 2.35. The predicted molar refractivity (Wildman–Crippen MR) is 106 cm³/mol. The van der Waals surface area contributed by atoms with Crippen molar-refractivity contribution in [2.45, 2.75) is 37.2 Å². The Balaban J connectivity index is 1.39. The zero-order valence-electron chi connectivity index (χ0n) is 16.9. The standard InChI is InChI=1S/C22H25N3O5/c1-29-18-4-2-15(3-5-18)10-24-20(27)19-8-17(26)11-25(19)22(21(24)28)13-23(14-22)9-16-6-7-30-12-16/h2-7,12,17,19,26H,8-11,13-14H2,1H3. The van der Waals surface area contributed by atoms with Gasteiger partial charge in [-0.2, -0.15) is 0 Å². The van der Waals surface area contributed by atoms with Gasteiger partial charge in [-0.1, -0.05) is 12.1 Å². The average molecular weight is 411 g/mol. The minimum atomic E-state index is -0.758. The summed E-state index contributed by atoms with van der Waals surface area (Å²) in [6.07, 6.45) is 3.12. The number of β-amino-alcohol motifs (C(OH)–C–C–N with tert-alkyl or cyclic N) is 1. The summed E-state index contributed by atoms with van der Waals surface area (Å²) in [6, 6.07) is 8.85. The van der Waals surface area contributed by atoms with Crippen LogP contribution in [0.2, 0.25) is 0 Å². The van der Waals surface area contributed by atoms with E-state index < -0.39 is 17.7 Å². The number of aliphatic hydroxyl groups excluding tert-OH is 1. The van der Waals surface area contributed by atoms with Crippen molar-refractivity contribution in [3.05, 3.63) is 54.0 Å². The van der Waals surface area contributed by atoms with Gasteiger partial charge in [-0.15, -0.1) is 0 Å². The highest BCUT2D eigenvalue weighted by molar-refractivity contribution is 6.06. The van der Waals surface area contributed by atoms with Gasteiger partial charge in [0.2, 0.25) is 5.91 Å². The summed E-state index contributed by atoms with van der Waals surface area (Å²) in [7, 11) is 1.60. The Bertz CT molecular complexity index is 936. The highest BCUT2D eigenvalue weighted by atomic mass is 16.5. The number of hydrogen-bond donors (Lipinski definition) is 1. The Morgan fingerprint density at radius 3 is 2.57 bits per heavy atom. The third-order valence-electron chi connectivity index (χ3n) is 6.48. The van der Waals surface area contributed by atoms with Crippen molar-refractivity contribution in [2.75, 3.05) is 26.7 Å². The number of fused-ring (bicyclic) bond motifs is 2. The second kappa shape index (κ2) is 7.23. The maximum atomic E-state index is 13.6. The Labute approximate surface area is 174 Å². The SMILES string of the molecule is COc1ccc(CN2C(=O)C3CC(O)CN3C3(CN(Cc4ccoc4)C3)C2=O)cc1. The highest BCUT2D eigenvalue weighted by Crippen LogP contribution is 2.41. The number of nitrogens with zero attached hydrogens (tertiary/aromatic N) is 3. The smallest absolute Gasteiger partial charge is 0.252 e. The van der Waals surface area contributed by atoms with Crippen LogP contribution in [0, 0.1) is 0 Å². The molecule has 1 aromatic carbocycles. The third kappa shape index (κ3) is 3.03. The van der Waals surface area contributed by atoms with Gasteiger partial charge in [-0.25, -0.2) is 0 Å². The number of hydrogen-bond acceptors (Lipinski definition) is 7. The van der Waals surface area contributed by atoms with Gasteiger partial charge in [0.15, 0.2) is 0 Å². The molecule has 0 aliphatic carbocycles. The number of rotatable bonds is 5. The van der Waals surface area contributed by atoms with Crippen molar-refractivity contribution in [1.82, 2.24) is 14.7 Å². The highest BCUT2D eigenvalue weighted by Gasteiger charge is 2.64. The van der Waals surface area contributed by atoms with Crippen LogP contribution in [0.1, 0.15) is 17.5 Å². The van der Waals surface area contributed by atoms with Gasteiger partial charge in [0, 0.05) is 31.7 Å². The maximum absolute atomic E-state index is 13.6. The predicted octanol–water partition coefficient (Wildman–Crippen LogP) is 0.847. The van der Waals surface area contributed by atoms with Crippen LogP contribution in [0.25, 0.3) is 0 Å². The molecular weight excluding hydrogens is 386 g/mol. The fourth-order valence-corrected chi connectivity index (χ4v) is 5.00. The first-order chi connectivity index (χ1) is 14.5. The molecule has 8 heteroatoms. The number of likely N-dealkylation sites (tertiary alicyclic amines) is 1. The van der Waals surface area contributed by atoms with Crippen LogP contribution < -0.4 is 4.74 Å². The largest absolute Gasteiger partial charge is 0.497 e. The van der Waals surface area contributed by atoms with Gasteiger partial charge < -0.3 is 14.3 Å². The lowest BCUT2D eigenvalue weighted by Crippen LogP contribution is -2.81. The third-order valence-corrected chi connectivity index (χ3v) is 6.48.